The number of aryl methyl sites for hydroxylation is 1. The van der Waals surface area contributed by atoms with Crippen molar-refractivity contribution < 1.29 is 8.91 Å². The van der Waals surface area contributed by atoms with Gasteiger partial charge in [-0.15, -0.1) is 0 Å². The molecule has 3 nitrogen and oxygen atoms in total. The van der Waals surface area contributed by atoms with Crippen LogP contribution in [0.25, 0.3) is 33.1 Å². The Hall–Kier alpha value is -2.62. The Balaban J connectivity index is 1.98. The van der Waals surface area contributed by atoms with Gasteiger partial charge in [0, 0.05) is 40.0 Å². The van der Waals surface area contributed by atoms with Crippen molar-refractivity contribution >= 4 is 21.8 Å². The van der Waals surface area contributed by atoms with E-state index in [1.54, 1.807) is 6.20 Å². The summed E-state index contributed by atoms with van der Waals surface area (Å²) >= 11 is 0. The molecule has 2 heterocycles. The maximum Gasteiger partial charge on any atom is 0.166 e. The maximum absolute atomic E-state index is 12.6. The van der Waals surface area contributed by atoms with Crippen LogP contribution >= 0.6 is 0 Å². The molecule has 4 heteroatoms. The van der Waals surface area contributed by atoms with Gasteiger partial charge in [-0.25, -0.2) is 0 Å². The highest BCUT2D eigenvalue weighted by molar-refractivity contribution is 6.09. The summed E-state index contributed by atoms with van der Waals surface area (Å²) in [6, 6.07) is 16.3. The summed E-state index contributed by atoms with van der Waals surface area (Å²) < 4.78 is 20.0. The molecule has 0 atom stereocenters. The molecule has 2 aromatic heterocycles. The van der Waals surface area contributed by atoms with Crippen LogP contribution in [-0.4, -0.2) is 16.4 Å². The van der Waals surface area contributed by atoms with E-state index in [4.69, 9.17) is 4.52 Å². The van der Waals surface area contributed by atoms with Crippen molar-refractivity contribution in [1.82, 2.24) is 9.72 Å². The standard InChI is InChI=1S/C18H15FN2O/c19-9-3-11-21-16-5-2-1-4-14(16)15-12-13(6-7-17(15)21)18-8-10-20-22-18/h1-2,4-8,10,12H,3,9,11H2. The molecule has 22 heavy (non-hydrogen) atoms. The average molecular weight is 294 g/mol. The van der Waals surface area contributed by atoms with E-state index < -0.39 is 0 Å². The third-order valence-corrected chi connectivity index (χ3v) is 4.01. The third-order valence-electron chi connectivity index (χ3n) is 4.01. The summed E-state index contributed by atoms with van der Waals surface area (Å²) in [7, 11) is 0. The Morgan fingerprint density at radius 1 is 1.00 bits per heavy atom. The molecule has 2 aromatic carbocycles. The fraction of sp³-hybridized carbons (Fsp3) is 0.167. The Morgan fingerprint density at radius 3 is 2.68 bits per heavy atom. The number of alkyl halides is 1. The van der Waals surface area contributed by atoms with E-state index in [-0.39, 0.29) is 6.67 Å². The van der Waals surface area contributed by atoms with Crippen molar-refractivity contribution in [2.45, 2.75) is 13.0 Å². The first-order valence-electron chi connectivity index (χ1n) is 7.36. The van der Waals surface area contributed by atoms with Gasteiger partial charge in [-0.1, -0.05) is 23.4 Å². The highest BCUT2D eigenvalue weighted by Crippen LogP contribution is 2.32. The predicted octanol–water partition coefficient (Wildman–Crippen LogP) is 4.81. The first-order chi connectivity index (χ1) is 10.9. The number of rotatable bonds is 4. The number of hydrogen-bond donors (Lipinski definition) is 0. The second-order valence-corrected chi connectivity index (χ2v) is 5.32. The average Bonchev–Trinajstić information content (AvgIpc) is 3.19. The van der Waals surface area contributed by atoms with Crippen LogP contribution in [0, 0.1) is 0 Å². The monoisotopic (exact) mass is 294 g/mol. The molecule has 0 amide bonds. The molecule has 0 radical (unpaired) electrons. The lowest BCUT2D eigenvalue weighted by atomic mass is 10.1. The summed E-state index contributed by atoms with van der Waals surface area (Å²) in [6.45, 7) is 0.381. The number of halogens is 1. The number of para-hydroxylation sites is 1. The first-order valence-corrected chi connectivity index (χ1v) is 7.36. The lowest BCUT2D eigenvalue weighted by Gasteiger charge is -2.05. The molecule has 0 spiro atoms. The van der Waals surface area contributed by atoms with E-state index >= 15 is 0 Å². The van der Waals surface area contributed by atoms with Gasteiger partial charge in [-0.3, -0.25) is 4.39 Å². The number of benzene rings is 2. The molecule has 0 aliphatic rings. The smallest absolute Gasteiger partial charge is 0.166 e. The molecule has 0 aliphatic heterocycles. The summed E-state index contributed by atoms with van der Waals surface area (Å²) in [5.74, 6) is 0.752. The normalized spacial score (nSPS) is 11.5. The van der Waals surface area contributed by atoms with E-state index in [1.165, 1.54) is 5.39 Å². The molecule has 0 aliphatic carbocycles. The van der Waals surface area contributed by atoms with Crippen molar-refractivity contribution in [2.24, 2.45) is 0 Å². The highest BCUT2D eigenvalue weighted by atomic mass is 19.1. The molecule has 0 saturated carbocycles. The largest absolute Gasteiger partial charge is 0.356 e. The molecule has 4 aromatic rings. The van der Waals surface area contributed by atoms with Gasteiger partial charge in [0.1, 0.15) is 0 Å². The zero-order valence-electron chi connectivity index (χ0n) is 12.0. The lowest BCUT2D eigenvalue weighted by Crippen LogP contribution is -1.98. The van der Waals surface area contributed by atoms with E-state index in [0.29, 0.717) is 13.0 Å². The zero-order chi connectivity index (χ0) is 14.9. The first kappa shape index (κ1) is 13.1. The summed E-state index contributed by atoms with van der Waals surface area (Å²) in [4.78, 5) is 0. The number of hydrogen-bond acceptors (Lipinski definition) is 2. The molecule has 0 unspecified atom stereocenters. The third kappa shape index (κ3) is 1.99. The van der Waals surface area contributed by atoms with Crippen LogP contribution in [0.5, 0.6) is 0 Å². The SMILES string of the molecule is FCCCn1c2ccccc2c2cc(-c3ccno3)ccc21. The molecule has 110 valence electrons. The molecular formula is C18H15FN2O. The Labute approximate surface area is 126 Å². The van der Waals surface area contributed by atoms with Crippen LogP contribution in [-0.2, 0) is 6.54 Å². The van der Waals surface area contributed by atoms with E-state index in [9.17, 15) is 4.39 Å². The molecular weight excluding hydrogens is 279 g/mol. The van der Waals surface area contributed by atoms with Crippen LogP contribution < -0.4 is 0 Å². The zero-order valence-corrected chi connectivity index (χ0v) is 12.0. The molecule has 4 rings (SSSR count). The molecule has 0 bridgehead atoms. The van der Waals surface area contributed by atoms with Crippen LogP contribution in [0.2, 0.25) is 0 Å². The Kier molecular flexibility index (Phi) is 3.15. The van der Waals surface area contributed by atoms with Crippen molar-refractivity contribution in [3.8, 4) is 11.3 Å². The minimum Gasteiger partial charge on any atom is -0.356 e. The van der Waals surface area contributed by atoms with E-state index in [1.807, 2.05) is 24.3 Å². The van der Waals surface area contributed by atoms with Crippen molar-refractivity contribution in [3.63, 3.8) is 0 Å². The molecule has 0 saturated heterocycles. The number of aromatic nitrogens is 2. The van der Waals surface area contributed by atoms with Crippen LogP contribution in [0.15, 0.2) is 59.3 Å². The topological polar surface area (TPSA) is 31.0 Å². The minimum absolute atomic E-state index is 0.301. The summed E-state index contributed by atoms with van der Waals surface area (Å²) in [6.07, 6.45) is 2.17. The quantitative estimate of drug-likeness (QED) is 0.541. The van der Waals surface area contributed by atoms with Gasteiger partial charge >= 0.3 is 0 Å². The second kappa shape index (κ2) is 5.30. The maximum atomic E-state index is 12.6. The summed E-state index contributed by atoms with van der Waals surface area (Å²) in [5.41, 5.74) is 3.26. The van der Waals surface area contributed by atoms with Crippen molar-refractivity contribution in [3.05, 3.63) is 54.7 Å². The summed E-state index contributed by atoms with van der Waals surface area (Å²) in [5, 5.41) is 6.10. The fourth-order valence-corrected chi connectivity index (χ4v) is 3.03. The van der Waals surface area contributed by atoms with Gasteiger partial charge in [-0.05, 0) is 30.7 Å². The van der Waals surface area contributed by atoms with Gasteiger partial charge in [0.25, 0.3) is 0 Å². The number of nitrogens with zero attached hydrogens (tertiary/aromatic N) is 2. The van der Waals surface area contributed by atoms with Crippen LogP contribution in [0.3, 0.4) is 0 Å². The number of fused-ring (bicyclic) bond motifs is 3. The Morgan fingerprint density at radius 2 is 1.86 bits per heavy atom. The second-order valence-electron chi connectivity index (χ2n) is 5.32. The fourth-order valence-electron chi connectivity index (χ4n) is 3.03. The van der Waals surface area contributed by atoms with Gasteiger partial charge in [-0.2, -0.15) is 0 Å². The predicted molar refractivity (Wildman–Crippen MR) is 85.5 cm³/mol. The minimum atomic E-state index is -0.301. The molecule has 0 fully saturated rings. The lowest BCUT2D eigenvalue weighted by molar-refractivity contribution is 0.432. The Bertz CT molecular complexity index is 925. The van der Waals surface area contributed by atoms with Gasteiger partial charge in [0.2, 0.25) is 0 Å². The molecule has 0 N–H and O–H groups in total. The van der Waals surface area contributed by atoms with Gasteiger partial charge < -0.3 is 9.09 Å². The van der Waals surface area contributed by atoms with Gasteiger partial charge in [0.05, 0.1) is 12.9 Å². The van der Waals surface area contributed by atoms with E-state index in [0.717, 1.165) is 27.7 Å². The van der Waals surface area contributed by atoms with Crippen LogP contribution in [0.4, 0.5) is 4.39 Å². The highest BCUT2D eigenvalue weighted by Gasteiger charge is 2.12. The van der Waals surface area contributed by atoms with Crippen LogP contribution in [0.1, 0.15) is 6.42 Å². The van der Waals surface area contributed by atoms with Crippen molar-refractivity contribution in [2.75, 3.05) is 6.67 Å². The van der Waals surface area contributed by atoms with E-state index in [2.05, 4.69) is 34.0 Å². The van der Waals surface area contributed by atoms with Gasteiger partial charge in [0.15, 0.2) is 5.76 Å². The van der Waals surface area contributed by atoms with Crippen molar-refractivity contribution in [1.29, 1.82) is 0 Å².